The smallest absolute Gasteiger partial charge is 0.241 e. The summed E-state index contributed by atoms with van der Waals surface area (Å²) in [6.45, 7) is 0. The molecule has 0 aromatic rings. The van der Waals surface area contributed by atoms with Crippen molar-refractivity contribution in [2.75, 3.05) is 0 Å². The minimum atomic E-state index is -0.594. The first-order chi connectivity index (χ1) is 10.9. The summed E-state index contributed by atoms with van der Waals surface area (Å²) in [4.78, 5) is 14.9. The van der Waals surface area contributed by atoms with Crippen LogP contribution in [0.3, 0.4) is 0 Å². The molecule has 8 atom stereocenters. The van der Waals surface area contributed by atoms with Gasteiger partial charge in [0.2, 0.25) is 5.91 Å². The normalized spacial score (nSPS) is 53.8. The van der Waals surface area contributed by atoms with E-state index in [0.717, 1.165) is 38.5 Å². The quantitative estimate of drug-likeness (QED) is 0.800. The van der Waals surface area contributed by atoms with Gasteiger partial charge in [-0.25, -0.2) is 0 Å². The van der Waals surface area contributed by atoms with Crippen molar-refractivity contribution in [3.05, 3.63) is 0 Å². The highest BCUT2D eigenvalue weighted by Crippen LogP contribution is 2.63. The first kappa shape index (κ1) is 14.2. The summed E-state index contributed by atoms with van der Waals surface area (Å²) in [7, 11) is 0. The van der Waals surface area contributed by atoms with E-state index in [2.05, 4.69) is 6.07 Å². The lowest BCUT2D eigenvalue weighted by Crippen LogP contribution is -2.64. The molecule has 1 unspecified atom stereocenters. The maximum Gasteiger partial charge on any atom is 0.241 e. The summed E-state index contributed by atoms with van der Waals surface area (Å²) in [6.07, 6.45) is 7.48. The summed E-state index contributed by atoms with van der Waals surface area (Å²) in [5, 5.41) is 20.2. The number of rotatable bonds is 2. The fraction of sp³-hybridized carbons (Fsp3) is 0.889. The van der Waals surface area contributed by atoms with Gasteiger partial charge in [-0.15, -0.1) is 0 Å². The Labute approximate surface area is 136 Å². The van der Waals surface area contributed by atoms with Gasteiger partial charge in [-0.1, -0.05) is 0 Å². The van der Waals surface area contributed by atoms with Crippen LogP contribution in [0.5, 0.6) is 0 Å². The van der Waals surface area contributed by atoms with E-state index < -0.39 is 11.6 Å². The van der Waals surface area contributed by atoms with Gasteiger partial charge >= 0.3 is 0 Å². The Kier molecular flexibility index (Phi) is 2.65. The molecule has 6 rings (SSSR count). The Morgan fingerprint density at radius 2 is 1.91 bits per heavy atom. The van der Waals surface area contributed by atoms with Crippen molar-refractivity contribution in [2.24, 2.45) is 28.9 Å². The maximum absolute atomic E-state index is 13.1. The zero-order valence-electron chi connectivity index (χ0n) is 13.4. The lowest BCUT2D eigenvalue weighted by Gasteiger charge is -2.61. The number of piperidine rings is 1. The fourth-order valence-electron chi connectivity index (χ4n) is 6.96. The lowest BCUT2D eigenvalue weighted by atomic mass is 9.46. The molecule has 5 heteroatoms. The van der Waals surface area contributed by atoms with Crippen molar-refractivity contribution in [3.8, 4) is 6.07 Å². The topological polar surface area (TPSA) is 90.4 Å². The molecule has 4 bridgehead atoms. The molecule has 0 spiro atoms. The zero-order chi connectivity index (χ0) is 16.0. The number of hydrogen-bond donors (Lipinski definition) is 2. The number of nitrogens with zero attached hydrogens (tertiary/aromatic N) is 2. The monoisotopic (exact) mass is 315 g/mol. The molecule has 6 fully saturated rings. The van der Waals surface area contributed by atoms with Gasteiger partial charge in [-0.2, -0.15) is 5.26 Å². The molecule has 5 aliphatic carbocycles. The number of carbonyl (C=O) groups excluding carboxylic acids is 1. The molecule has 1 amide bonds. The average molecular weight is 315 g/mol. The summed E-state index contributed by atoms with van der Waals surface area (Å²) in [5.74, 6) is 1.56. The molecule has 1 aliphatic heterocycles. The third-order valence-electron chi connectivity index (χ3n) is 7.51. The molecule has 5 nitrogen and oxygen atoms in total. The molecule has 0 radical (unpaired) electrons. The van der Waals surface area contributed by atoms with Crippen LogP contribution in [-0.4, -0.2) is 39.6 Å². The van der Waals surface area contributed by atoms with Crippen molar-refractivity contribution in [1.82, 2.24) is 4.90 Å². The maximum atomic E-state index is 13.1. The summed E-state index contributed by atoms with van der Waals surface area (Å²) in [6, 6.07) is 1.72. The molecule has 3 N–H and O–H groups in total. The third kappa shape index (κ3) is 1.88. The molecule has 1 saturated heterocycles. The van der Waals surface area contributed by atoms with Crippen LogP contribution in [0.4, 0.5) is 0 Å². The van der Waals surface area contributed by atoms with Crippen LogP contribution in [0.25, 0.3) is 0 Å². The standard InChI is InChI=1S/C18H25N3O2/c19-8-13-2-12-3-14(12)21(13)16(22)15(20)17-4-10-1-11(5-17)7-18(23,6-10)9-17/h10-15,23H,1-7,9,20H2/t10-,11+,12-,13+,14+,15?,17+,18-/m1/s1. The molecule has 124 valence electrons. The lowest BCUT2D eigenvalue weighted by molar-refractivity contribution is -0.177. The van der Waals surface area contributed by atoms with Gasteiger partial charge in [0.15, 0.2) is 0 Å². The summed E-state index contributed by atoms with van der Waals surface area (Å²) in [5.41, 5.74) is 5.71. The van der Waals surface area contributed by atoms with Crippen molar-refractivity contribution < 1.29 is 9.90 Å². The molecule has 0 aromatic heterocycles. The van der Waals surface area contributed by atoms with Gasteiger partial charge in [-0.05, 0) is 74.5 Å². The Morgan fingerprint density at radius 1 is 1.22 bits per heavy atom. The van der Waals surface area contributed by atoms with Crippen LogP contribution < -0.4 is 5.73 Å². The largest absolute Gasteiger partial charge is 0.390 e. The molecule has 6 aliphatic rings. The van der Waals surface area contributed by atoms with Gasteiger partial charge in [0.25, 0.3) is 0 Å². The van der Waals surface area contributed by atoms with Crippen LogP contribution in [0, 0.1) is 34.5 Å². The van der Waals surface area contributed by atoms with Crippen molar-refractivity contribution >= 4 is 5.91 Å². The number of aliphatic hydroxyl groups is 1. The minimum Gasteiger partial charge on any atom is -0.390 e. The Morgan fingerprint density at radius 3 is 2.52 bits per heavy atom. The number of nitrogens with two attached hydrogens (primary N) is 1. The first-order valence-corrected chi connectivity index (χ1v) is 9.13. The molecule has 1 heterocycles. The van der Waals surface area contributed by atoms with E-state index in [1.165, 1.54) is 6.42 Å². The second-order valence-corrected chi connectivity index (χ2v) is 9.21. The molecule has 5 saturated carbocycles. The van der Waals surface area contributed by atoms with Crippen molar-refractivity contribution in [3.63, 3.8) is 0 Å². The predicted molar refractivity (Wildman–Crippen MR) is 82.8 cm³/mol. The van der Waals surface area contributed by atoms with Crippen LogP contribution in [0.1, 0.15) is 51.4 Å². The fourth-order valence-corrected chi connectivity index (χ4v) is 6.96. The highest BCUT2D eigenvalue weighted by atomic mass is 16.3. The van der Waals surface area contributed by atoms with E-state index >= 15 is 0 Å². The summed E-state index contributed by atoms with van der Waals surface area (Å²) < 4.78 is 0. The Hall–Kier alpha value is -1.12. The van der Waals surface area contributed by atoms with Crippen molar-refractivity contribution in [2.45, 2.75) is 75.1 Å². The number of nitriles is 1. The molecular formula is C18H25N3O2. The van der Waals surface area contributed by atoms with Gasteiger partial charge in [0.1, 0.15) is 6.04 Å². The predicted octanol–water partition coefficient (Wildman–Crippen LogP) is 1.16. The Balaban J connectivity index is 1.43. The second-order valence-electron chi connectivity index (χ2n) is 9.21. The van der Waals surface area contributed by atoms with Gasteiger partial charge in [0, 0.05) is 6.04 Å². The van der Waals surface area contributed by atoms with Gasteiger partial charge in [0.05, 0.1) is 17.7 Å². The van der Waals surface area contributed by atoms with Crippen LogP contribution >= 0.6 is 0 Å². The van der Waals surface area contributed by atoms with Crippen LogP contribution in [0.2, 0.25) is 0 Å². The molecular weight excluding hydrogens is 290 g/mol. The van der Waals surface area contributed by atoms with E-state index in [-0.39, 0.29) is 23.4 Å². The van der Waals surface area contributed by atoms with E-state index in [4.69, 9.17) is 5.73 Å². The average Bonchev–Trinajstić information content (AvgIpc) is 3.14. The second kappa shape index (κ2) is 4.29. The van der Waals surface area contributed by atoms with E-state index in [0.29, 0.717) is 24.2 Å². The van der Waals surface area contributed by atoms with Crippen LogP contribution in [0.15, 0.2) is 0 Å². The van der Waals surface area contributed by atoms with Crippen LogP contribution in [-0.2, 0) is 4.79 Å². The minimum absolute atomic E-state index is 0.0212. The van der Waals surface area contributed by atoms with E-state index in [1.807, 2.05) is 0 Å². The number of fused-ring (bicyclic) bond motifs is 1. The molecule has 23 heavy (non-hydrogen) atoms. The summed E-state index contributed by atoms with van der Waals surface area (Å²) >= 11 is 0. The molecule has 0 aromatic carbocycles. The zero-order valence-corrected chi connectivity index (χ0v) is 13.4. The first-order valence-electron chi connectivity index (χ1n) is 9.13. The Bertz CT molecular complexity index is 598. The van der Waals surface area contributed by atoms with Crippen molar-refractivity contribution in [1.29, 1.82) is 5.26 Å². The highest BCUT2D eigenvalue weighted by molar-refractivity contribution is 5.84. The number of carbonyl (C=O) groups is 1. The SMILES string of the molecule is N#C[C@@H]1C[C@@H]2C[C@@H]2N1C(=O)C(N)[C@@]12C[C@@H]3C[C@@H](C[C@@](O)(C3)C1)C2. The van der Waals surface area contributed by atoms with Gasteiger partial charge < -0.3 is 15.7 Å². The number of likely N-dealkylation sites (tertiary alicyclic amines) is 1. The van der Waals surface area contributed by atoms with Gasteiger partial charge in [-0.3, -0.25) is 4.79 Å². The number of amides is 1. The van der Waals surface area contributed by atoms with E-state index in [1.54, 1.807) is 4.90 Å². The van der Waals surface area contributed by atoms with E-state index in [9.17, 15) is 15.2 Å². The number of hydrogen-bond acceptors (Lipinski definition) is 4. The highest BCUT2D eigenvalue weighted by Gasteiger charge is 2.62. The third-order valence-corrected chi connectivity index (χ3v) is 7.51.